The molecule has 1 aromatic heterocycles. The molecule has 0 radical (unpaired) electrons. The third-order valence-corrected chi connectivity index (χ3v) is 4.94. The van der Waals surface area contributed by atoms with Gasteiger partial charge in [0.25, 0.3) is 0 Å². The highest BCUT2D eigenvalue weighted by atomic mass is 16.5. The number of carbonyl (C=O) groups excluding carboxylic acids is 2. The van der Waals surface area contributed by atoms with Gasteiger partial charge in [0, 0.05) is 36.0 Å². The summed E-state index contributed by atoms with van der Waals surface area (Å²) in [6, 6.07) is 16.0. The van der Waals surface area contributed by atoms with E-state index in [-0.39, 0.29) is 24.3 Å². The third-order valence-electron chi connectivity index (χ3n) is 4.94. The van der Waals surface area contributed by atoms with Crippen molar-refractivity contribution >= 4 is 22.7 Å². The minimum Gasteiger partial charge on any atom is -0.497 e. The molecule has 3 N–H and O–H groups in total. The SMILES string of the molecule is CCCC(=O)NCC(=O)NCC(c1ccc(OC)cc1)c1c[nH]c2ccccc12. The van der Waals surface area contributed by atoms with Gasteiger partial charge in [0.1, 0.15) is 5.75 Å². The summed E-state index contributed by atoms with van der Waals surface area (Å²) in [5, 5.41) is 6.74. The molecule has 1 atom stereocenters. The molecule has 3 rings (SSSR count). The Morgan fingerprint density at radius 3 is 2.52 bits per heavy atom. The van der Waals surface area contributed by atoms with Crippen LogP contribution in [0.15, 0.2) is 54.7 Å². The average Bonchev–Trinajstić information content (AvgIpc) is 3.17. The number of nitrogens with one attached hydrogen (secondary N) is 3. The van der Waals surface area contributed by atoms with Gasteiger partial charge < -0.3 is 20.4 Å². The maximum absolute atomic E-state index is 12.3. The number of rotatable bonds is 9. The van der Waals surface area contributed by atoms with Crippen molar-refractivity contribution in [1.82, 2.24) is 15.6 Å². The summed E-state index contributed by atoms with van der Waals surface area (Å²) in [6.45, 7) is 2.35. The van der Waals surface area contributed by atoms with E-state index in [0.717, 1.165) is 34.2 Å². The predicted molar refractivity (Wildman–Crippen MR) is 114 cm³/mol. The van der Waals surface area contributed by atoms with Gasteiger partial charge in [0.2, 0.25) is 11.8 Å². The lowest BCUT2D eigenvalue weighted by Crippen LogP contribution is -2.38. The lowest BCUT2D eigenvalue weighted by atomic mass is 9.91. The monoisotopic (exact) mass is 393 g/mol. The Hall–Kier alpha value is -3.28. The van der Waals surface area contributed by atoms with Gasteiger partial charge in [-0.15, -0.1) is 0 Å². The fourth-order valence-electron chi connectivity index (χ4n) is 3.40. The van der Waals surface area contributed by atoms with Crippen molar-refractivity contribution < 1.29 is 14.3 Å². The van der Waals surface area contributed by atoms with Crippen LogP contribution in [0.1, 0.15) is 36.8 Å². The summed E-state index contributed by atoms with van der Waals surface area (Å²) in [6.07, 6.45) is 3.18. The maximum atomic E-state index is 12.3. The number of hydrogen-bond acceptors (Lipinski definition) is 3. The van der Waals surface area contributed by atoms with E-state index in [9.17, 15) is 9.59 Å². The Labute approximate surface area is 170 Å². The van der Waals surface area contributed by atoms with Crippen LogP contribution in [0.5, 0.6) is 5.75 Å². The van der Waals surface area contributed by atoms with Crippen molar-refractivity contribution in [2.75, 3.05) is 20.2 Å². The molecule has 152 valence electrons. The van der Waals surface area contributed by atoms with Crippen LogP contribution in [0, 0.1) is 0 Å². The summed E-state index contributed by atoms with van der Waals surface area (Å²) in [4.78, 5) is 27.2. The Bertz CT molecular complexity index is 963. The van der Waals surface area contributed by atoms with E-state index in [1.165, 1.54) is 0 Å². The van der Waals surface area contributed by atoms with Crippen molar-refractivity contribution in [2.24, 2.45) is 0 Å². The van der Waals surface area contributed by atoms with Gasteiger partial charge in [-0.1, -0.05) is 37.3 Å². The van der Waals surface area contributed by atoms with Gasteiger partial charge in [-0.2, -0.15) is 0 Å². The number of fused-ring (bicyclic) bond motifs is 1. The number of amides is 2. The fraction of sp³-hybridized carbons (Fsp3) is 0.304. The Balaban J connectivity index is 1.78. The number of benzene rings is 2. The summed E-state index contributed by atoms with van der Waals surface area (Å²) < 4.78 is 5.27. The molecule has 0 saturated heterocycles. The lowest BCUT2D eigenvalue weighted by Gasteiger charge is -2.19. The molecule has 1 unspecified atom stereocenters. The number of hydrogen-bond donors (Lipinski definition) is 3. The summed E-state index contributed by atoms with van der Waals surface area (Å²) in [5.41, 5.74) is 3.24. The highest BCUT2D eigenvalue weighted by molar-refractivity contribution is 5.86. The highest BCUT2D eigenvalue weighted by Gasteiger charge is 2.19. The van der Waals surface area contributed by atoms with E-state index in [1.54, 1.807) is 7.11 Å². The van der Waals surface area contributed by atoms with Crippen LogP contribution in [0.4, 0.5) is 0 Å². The van der Waals surface area contributed by atoms with Gasteiger partial charge in [-0.05, 0) is 35.7 Å². The Morgan fingerprint density at radius 2 is 1.79 bits per heavy atom. The van der Waals surface area contributed by atoms with Crippen molar-refractivity contribution in [3.8, 4) is 5.75 Å². The van der Waals surface area contributed by atoms with Gasteiger partial charge in [-0.25, -0.2) is 0 Å². The molecule has 6 heteroatoms. The summed E-state index contributed by atoms with van der Waals surface area (Å²) in [7, 11) is 1.64. The van der Waals surface area contributed by atoms with E-state index in [2.05, 4.69) is 21.7 Å². The van der Waals surface area contributed by atoms with E-state index in [1.807, 2.05) is 55.6 Å². The summed E-state index contributed by atoms with van der Waals surface area (Å²) in [5.74, 6) is 0.445. The second-order valence-electron chi connectivity index (χ2n) is 6.95. The molecule has 29 heavy (non-hydrogen) atoms. The van der Waals surface area contributed by atoms with E-state index >= 15 is 0 Å². The van der Waals surface area contributed by atoms with Gasteiger partial charge >= 0.3 is 0 Å². The molecular formula is C23H27N3O3. The number of H-pyrrole nitrogens is 1. The molecule has 0 fully saturated rings. The minimum absolute atomic E-state index is 0.0119. The largest absolute Gasteiger partial charge is 0.497 e. The van der Waals surface area contributed by atoms with E-state index in [4.69, 9.17) is 4.74 Å². The second-order valence-corrected chi connectivity index (χ2v) is 6.95. The molecule has 3 aromatic rings. The number of methoxy groups -OCH3 is 1. The number of aromatic amines is 1. The normalized spacial score (nSPS) is 11.8. The number of aromatic nitrogens is 1. The van der Waals surface area contributed by atoms with Crippen molar-refractivity contribution in [2.45, 2.75) is 25.7 Å². The second kappa shape index (κ2) is 9.78. The topological polar surface area (TPSA) is 83.2 Å². The average molecular weight is 393 g/mol. The van der Waals surface area contributed by atoms with Crippen molar-refractivity contribution in [3.05, 3.63) is 65.9 Å². The van der Waals surface area contributed by atoms with Gasteiger partial charge in [0.05, 0.1) is 13.7 Å². The number of para-hydroxylation sites is 1. The quantitative estimate of drug-likeness (QED) is 0.521. The third kappa shape index (κ3) is 5.16. The van der Waals surface area contributed by atoms with Gasteiger partial charge in [0.15, 0.2) is 0 Å². The molecule has 0 aliphatic carbocycles. The van der Waals surface area contributed by atoms with Crippen molar-refractivity contribution in [3.63, 3.8) is 0 Å². The van der Waals surface area contributed by atoms with E-state index < -0.39 is 0 Å². The maximum Gasteiger partial charge on any atom is 0.239 e. The lowest BCUT2D eigenvalue weighted by molar-refractivity contribution is -0.126. The molecule has 0 bridgehead atoms. The molecule has 0 saturated carbocycles. The van der Waals surface area contributed by atoms with Crippen LogP contribution in [-0.2, 0) is 9.59 Å². The van der Waals surface area contributed by atoms with Gasteiger partial charge in [-0.3, -0.25) is 9.59 Å². The Morgan fingerprint density at radius 1 is 1.03 bits per heavy atom. The standard InChI is InChI=1S/C23H27N3O3/c1-3-6-22(27)26-15-23(28)25-13-19(16-9-11-17(29-2)12-10-16)20-14-24-21-8-5-4-7-18(20)21/h4-5,7-12,14,19,24H,3,6,13,15H2,1-2H3,(H,25,28)(H,26,27). The molecule has 2 aromatic carbocycles. The molecule has 2 amide bonds. The fourth-order valence-corrected chi connectivity index (χ4v) is 3.40. The van der Waals surface area contributed by atoms with Crippen LogP contribution in [0.2, 0.25) is 0 Å². The highest BCUT2D eigenvalue weighted by Crippen LogP contribution is 2.31. The first-order chi connectivity index (χ1) is 14.1. The first-order valence-electron chi connectivity index (χ1n) is 9.85. The molecule has 1 heterocycles. The molecule has 0 aliphatic rings. The molecule has 0 spiro atoms. The van der Waals surface area contributed by atoms with E-state index in [0.29, 0.717) is 13.0 Å². The molecule has 0 aliphatic heterocycles. The smallest absolute Gasteiger partial charge is 0.239 e. The summed E-state index contributed by atoms with van der Waals surface area (Å²) >= 11 is 0. The zero-order valence-corrected chi connectivity index (χ0v) is 16.8. The number of ether oxygens (including phenoxy) is 1. The first-order valence-corrected chi connectivity index (χ1v) is 9.85. The zero-order chi connectivity index (χ0) is 20.6. The van der Waals surface area contributed by atoms with Crippen molar-refractivity contribution in [1.29, 1.82) is 0 Å². The zero-order valence-electron chi connectivity index (χ0n) is 16.8. The number of carbonyl (C=O) groups is 2. The molecule has 6 nitrogen and oxygen atoms in total. The first kappa shape index (κ1) is 20.5. The Kier molecular flexibility index (Phi) is 6.89. The van der Waals surface area contributed by atoms with Crippen LogP contribution < -0.4 is 15.4 Å². The van der Waals surface area contributed by atoms with Crippen LogP contribution in [-0.4, -0.2) is 37.0 Å². The van der Waals surface area contributed by atoms with Crippen LogP contribution >= 0.6 is 0 Å². The molecular weight excluding hydrogens is 366 g/mol. The van der Waals surface area contributed by atoms with Crippen LogP contribution in [0.25, 0.3) is 10.9 Å². The van der Waals surface area contributed by atoms with Crippen LogP contribution in [0.3, 0.4) is 0 Å². The minimum atomic E-state index is -0.201. The predicted octanol–water partition coefficient (Wildman–Crippen LogP) is 3.34.